The predicted molar refractivity (Wildman–Crippen MR) is 74.8 cm³/mol. The van der Waals surface area contributed by atoms with Crippen molar-refractivity contribution >= 4 is 11.8 Å². The average molecular weight is 283 g/mol. The Bertz CT molecular complexity index is 356. The molecule has 1 aliphatic heterocycles. The fourth-order valence-corrected chi connectivity index (χ4v) is 2.72. The quantitative estimate of drug-likeness (QED) is 0.654. The third-order valence-corrected chi connectivity index (χ3v) is 4.20. The van der Waals surface area contributed by atoms with E-state index in [-0.39, 0.29) is 11.8 Å². The van der Waals surface area contributed by atoms with Crippen LogP contribution >= 0.6 is 0 Å². The normalized spacial score (nSPS) is 23.7. The van der Waals surface area contributed by atoms with Crippen molar-refractivity contribution in [2.45, 2.75) is 51.2 Å². The predicted octanol–water partition coefficient (Wildman–Crippen LogP) is -0.178. The van der Waals surface area contributed by atoms with E-state index in [1.54, 1.807) is 6.92 Å². The van der Waals surface area contributed by atoms with E-state index in [9.17, 15) is 14.7 Å². The van der Waals surface area contributed by atoms with E-state index in [4.69, 9.17) is 0 Å². The molecule has 0 aromatic heterocycles. The molecule has 3 N–H and O–H groups in total. The maximum absolute atomic E-state index is 12.3. The molecule has 20 heavy (non-hydrogen) atoms. The van der Waals surface area contributed by atoms with Gasteiger partial charge in [-0.05, 0) is 38.6 Å². The first-order chi connectivity index (χ1) is 9.59. The number of carbonyl (C=O) groups excluding carboxylic acids is 2. The van der Waals surface area contributed by atoms with E-state index in [1.165, 1.54) is 11.3 Å². The number of carbonyl (C=O) groups is 2. The number of nitrogens with zero attached hydrogens (tertiary/aromatic N) is 1. The summed E-state index contributed by atoms with van der Waals surface area (Å²) in [6.07, 6.45) is 3.86. The fraction of sp³-hybridized carbons (Fsp3) is 0.857. The van der Waals surface area contributed by atoms with E-state index < -0.39 is 12.1 Å². The Kier molecular flexibility index (Phi) is 5.37. The van der Waals surface area contributed by atoms with Crippen LogP contribution in [-0.4, -0.2) is 53.7 Å². The molecule has 0 radical (unpaired) electrons. The molecule has 2 unspecified atom stereocenters. The van der Waals surface area contributed by atoms with Crippen molar-refractivity contribution in [2.24, 2.45) is 5.92 Å². The lowest BCUT2D eigenvalue weighted by Crippen LogP contribution is -2.56. The number of amides is 2. The van der Waals surface area contributed by atoms with Crippen molar-refractivity contribution in [3.05, 3.63) is 0 Å². The van der Waals surface area contributed by atoms with Gasteiger partial charge in [-0.2, -0.15) is 0 Å². The molecular weight excluding hydrogens is 258 g/mol. The van der Waals surface area contributed by atoms with Crippen LogP contribution in [-0.2, 0) is 9.59 Å². The van der Waals surface area contributed by atoms with Crippen molar-refractivity contribution in [1.82, 2.24) is 15.5 Å². The van der Waals surface area contributed by atoms with Crippen LogP contribution in [0.4, 0.5) is 0 Å². The standard InChI is InChI=1S/C14H25N3O3/c1-10(18)13(14(20)16-8-11-4-2-5-11)17-9-15-7-3-6-12(17)19/h10-11,13,15,18H,2-9H2,1H3,(H,16,20). The minimum absolute atomic E-state index is 0.0697. The van der Waals surface area contributed by atoms with Gasteiger partial charge in [-0.1, -0.05) is 6.42 Å². The van der Waals surface area contributed by atoms with Gasteiger partial charge in [-0.3, -0.25) is 14.9 Å². The molecule has 6 nitrogen and oxygen atoms in total. The first-order valence-corrected chi connectivity index (χ1v) is 7.55. The second kappa shape index (κ2) is 7.04. The monoisotopic (exact) mass is 283 g/mol. The summed E-state index contributed by atoms with van der Waals surface area (Å²) in [4.78, 5) is 25.8. The molecule has 1 heterocycles. The smallest absolute Gasteiger partial charge is 0.245 e. The average Bonchev–Trinajstić information content (AvgIpc) is 2.53. The van der Waals surface area contributed by atoms with Gasteiger partial charge in [0.1, 0.15) is 6.04 Å². The highest BCUT2D eigenvalue weighted by atomic mass is 16.3. The van der Waals surface area contributed by atoms with Crippen molar-refractivity contribution < 1.29 is 14.7 Å². The molecular formula is C14H25N3O3. The zero-order valence-corrected chi connectivity index (χ0v) is 12.1. The molecule has 2 fully saturated rings. The van der Waals surface area contributed by atoms with Crippen LogP contribution < -0.4 is 10.6 Å². The number of hydrogen-bond donors (Lipinski definition) is 3. The highest BCUT2D eigenvalue weighted by Crippen LogP contribution is 2.25. The second-order valence-electron chi connectivity index (χ2n) is 5.85. The third-order valence-electron chi connectivity index (χ3n) is 4.20. The van der Waals surface area contributed by atoms with Gasteiger partial charge in [0, 0.05) is 13.0 Å². The van der Waals surface area contributed by atoms with Gasteiger partial charge < -0.3 is 15.3 Å². The van der Waals surface area contributed by atoms with Gasteiger partial charge in [-0.25, -0.2) is 0 Å². The van der Waals surface area contributed by atoms with Crippen LogP contribution in [0.3, 0.4) is 0 Å². The highest BCUT2D eigenvalue weighted by Gasteiger charge is 2.34. The minimum Gasteiger partial charge on any atom is -0.391 e. The molecule has 0 spiro atoms. The van der Waals surface area contributed by atoms with Crippen molar-refractivity contribution in [3.63, 3.8) is 0 Å². The highest BCUT2D eigenvalue weighted by molar-refractivity contribution is 5.88. The van der Waals surface area contributed by atoms with Crippen LogP contribution in [0.5, 0.6) is 0 Å². The molecule has 6 heteroatoms. The summed E-state index contributed by atoms with van der Waals surface area (Å²) in [5, 5.41) is 15.9. The van der Waals surface area contributed by atoms with Gasteiger partial charge in [0.05, 0.1) is 12.8 Å². The Morgan fingerprint density at radius 3 is 2.85 bits per heavy atom. The SMILES string of the molecule is CC(O)C(C(=O)NCC1CCC1)N1CNCCCC1=O. The zero-order valence-electron chi connectivity index (χ0n) is 12.1. The topological polar surface area (TPSA) is 81.7 Å². The Hall–Kier alpha value is -1.14. The summed E-state index contributed by atoms with van der Waals surface area (Å²) >= 11 is 0. The van der Waals surface area contributed by atoms with E-state index >= 15 is 0 Å². The van der Waals surface area contributed by atoms with Crippen molar-refractivity contribution in [2.75, 3.05) is 19.8 Å². The van der Waals surface area contributed by atoms with E-state index in [1.807, 2.05) is 0 Å². The van der Waals surface area contributed by atoms with Crippen LogP contribution in [0, 0.1) is 5.92 Å². The van der Waals surface area contributed by atoms with Crippen LogP contribution in [0.25, 0.3) is 0 Å². The maximum atomic E-state index is 12.3. The van der Waals surface area contributed by atoms with Gasteiger partial charge in [0.15, 0.2) is 0 Å². The Balaban J connectivity index is 1.96. The molecule has 0 aromatic carbocycles. The van der Waals surface area contributed by atoms with Gasteiger partial charge in [-0.15, -0.1) is 0 Å². The molecule has 2 rings (SSSR count). The molecule has 0 aromatic rings. The number of aliphatic hydroxyl groups is 1. The lowest BCUT2D eigenvalue weighted by molar-refractivity contribution is -0.144. The first kappa shape index (κ1) is 15.3. The molecule has 1 saturated carbocycles. The molecule has 2 aliphatic rings. The Labute approximate surface area is 119 Å². The maximum Gasteiger partial charge on any atom is 0.245 e. The second-order valence-corrected chi connectivity index (χ2v) is 5.85. The Morgan fingerprint density at radius 1 is 1.50 bits per heavy atom. The lowest BCUT2D eigenvalue weighted by Gasteiger charge is -2.33. The third kappa shape index (κ3) is 3.70. The summed E-state index contributed by atoms with van der Waals surface area (Å²) in [7, 11) is 0. The largest absolute Gasteiger partial charge is 0.391 e. The van der Waals surface area contributed by atoms with Crippen molar-refractivity contribution in [3.8, 4) is 0 Å². The number of hydrogen-bond acceptors (Lipinski definition) is 4. The van der Waals surface area contributed by atoms with E-state index in [0.29, 0.717) is 25.6 Å². The lowest BCUT2D eigenvalue weighted by atomic mass is 9.85. The van der Waals surface area contributed by atoms with Crippen LogP contribution in [0.2, 0.25) is 0 Å². The molecule has 0 bridgehead atoms. The summed E-state index contributed by atoms with van der Waals surface area (Å²) in [5.41, 5.74) is 0. The van der Waals surface area contributed by atoms with Crippen molar-refractivity contribution in [1.29, 1.82) is 0 Å². The molecule has 114 valence electrons. The summed E-state index contributed by atoms with van der Waals surface area (Å²) in [6.45, 7) is 3.30. The van der Waals surface area contributed by atoms with Crippen LogP contribution in [0.1, 0.15) is 39.0 Å². The Morgan fingerprint density at radius 2 is 2.25 bits per heavy atom. The van der Waals surface area contributed by atoms with Gasteiger partial charge >= 0.3 is 0 Å². The van der Waals surface area contributed by atoms with E-state index in [2.05, 4.69) is 10.6 Å². The molecule has 2 atom stereocenters. The summed E-state index contributed by atoms with van der Waals surface area (Å²) < 4.78 is 0. The van der Waals surface area contributed by atoms with E-state index in [0.717, 1.165) is 25.8 Å². The van der Waals surface area contributed by atoms with Gasteiger partial charge in [0.25, 0.3) is 0 Å². The summed E-state index contributed by atoms with van der Waals surface area (Å²) in [5.74, 6) is 0.246. The molecule has 1 aliphatic carbocycles. The number of rotatable bonds is 5. The minimum atomic E-state index is -0.875. The molecule has 1 saturated heterocycles. The van der Waals surface area contributed by atoms with Crippen LogP contribution in [0.15, 0.2) is 0 Å². The summed E-state index contributed by atoms with van der Waals surface area (Å²) in [6, 6.07) is -0.798. The fourth-order valence-electron chi connectivity index (χ4n) is 2.72. The number of aliphatic hydroxyl groups excluding tert-OH is 1. The van der Waals surface area contributed by atoms with Gasteiger partial charge in [0.2, 0.25) is 11.8 Å². The first-order valence-electron chi connectivity index (χ1n) is 7.55. The number of nitrogens with one attached hydrogen (secondary N) is 2. The molecule has 2 amide bonds. The zero-order chi connectivity index (χ0) is 14.5.